The smallest absolute Gasteiger partial charge is 0.173 e. The van der Waals surface area contributed by atoms with Gasteiger partial charge >= 0.3 is 0 Å². The molecule has 0 heterocycles. The van der Waals surface area contributed by atoms with Crippen LogP contribution in [0, 0.1) is 0 Å². The van der Waals surface area contributed by atoms with Crippen LogP contribution < -0.4 is 0 Å². The number of hydrogen-bond acceptors (Lipinski definition) is 2. The summed E-state index contributed by atoms with van der Waals surface area (Å²) in [6.07, 6.45) is 6.07. The van der Waals surface area contributed by atoms with Gasteiger partial charge in [-0.1, -0.05) is 25.8 Å². The van der Waals surface area contributed by atoms with E-state index in [0.717, 1.165) is 12.8 Å². The van der Waals surface area contributed by atoms with Crippen LogP contribution in [0.15, 0.2) is 16.3 Å². The van der Waals surface area contributed by atoms with Crippen molar-refractivity contribution in [3.8, 4) is 0 Å². The van der Waals surface area contributed by atoms with E-state index in [1.807, 2.05) is 0 Å². The Morgan fingerprint density at radius 2 is 2.08 bits per heavy atom. The summed E-state index contributed by atoms with van der Waals surface area (Å²) < 4.78 is 4.82. The molecular weight excluding hydrogens is 162 g/mol. The van der Waals surface area contributed by atoms with E-state index in [4.69, 9.17) is 4.74 Å². The molecule has 0 spiro atoms. The fraction of sp³-hybridized carbons (Fsp3) is 0.727. The number of allylic oxidation sites excluding steroid dienone is 2. The molecule has 2 nitrogen and oxygen atoms in total. The standard InChI is InChI=1S/C11H21NO/c1-5-7-8-11(10(3)6-2)12-9-13-4/h9H,5-8H2,1-4H3. The number of hydrogen-bond donors (Lipinski definition) is 0. The zero-order valence-electron chi connectivity index (χ0n) is 9.26. The Bertz CT molecular complexity index is 183. The Hall–Kier alpha value is -0.790. The highest BCUT2D eigenvalue weighted by atomic mass is 16.5. The van der Waals surface area contributed by atoms with E-state index >= 15 is 0 Å². The van der Waals surface area contributed by atoms with Crippen molar-refractivity contribution in [2.45, 2.75) is 46.5 Å². The average molecular weight is 183 g/mol. The fourth-order valence-corrected chi connectivity index (χ4v) is 1.05. The van der Waals surface area contributed by atoms with Gasteiger partial charge < -0.3 is 4.74 Å². The highest BCUT2D eigenvalue weighted by Gasteiger charge is 1.98. The van der Waals surface area contributed by atoms with Crippen LogP contribution >= 0.6 is 0 Å². The molecule has 2 heteroatoms. The van der Waals surface area contributed by atoms with Gasteiger partial charge in [-0.05, 0) is 26.2 Å². The summed E-state index contributed by atoms with van der Waals surface area (Å²) in [6.45, 7) is 6.49. The Labute approximate surface area is 81.7 Å². The lowest BCUT2D eigenvalue weighted by molar-refractivity contribution is 0.422. The van der Waals surface area contributed by atoms with Gasteiger partial charge in [-0.15, -0.1) is 0 Å². The lowest BCUT2D eigenvalue weighted by Gasteiger charge is -2.04. The molecule has 0 unspecified atom stereocenters. The van der Waals surface area contributed by atoms with Crippen LogP contribution in [0.25, 0.3) is 0 Å². The van der Waals surface area contributed by atoms with Crippen molar-refractivity contribution >= 4 is 6.40 Å². The molecule has 0 aromatic heterocycles. The van der Waals surface area contributed by atoms with E-state index in [0.29, 0.717) is 0 Å². The molecule has 0 N–H and O–H groups in total. The molecule has 0 atom stereocenters. The van der Waals surface area contributed by atoms with Crippen LogP contribution in [0.3, 0.4) is 0 Å². The number of unbranched alkanes of at least 4 members (excludes halogenated alkanes) is 1. The van der Waals surface area contributed by atoms with Gasteiger partial charge in [0.25, 0.3) is 0 Å². The van der Waals surface area contributed by atoms with Crippen LogP contribution in [0.5, 0.6) is 0 Å². The highest BCUT2D eigenvalue weighted by Crippen LogP contribution is 2.15. The molecule has 13 heavy (non-hydrogen) atoms. The monoisotopic (exact) mass is 183 g/mol. The van der Waals surface area contributed by atoms with E-state index in [1.54, 1.807) is 7.11 Å². The van der Waals surface area contributed by atoms with Crippen LogP contribution in [0.4, 0.5) is 0 Å². The SMILES string of the molecule is CCCCC(N=COC)=C(C)CC. The van der Waals surface area contributed by atoms with Gasteiger partial charge in [0.1, 0.15) is 0 Å². The fourth-order valence-electron chi connectivity index (χ4n) is 1.05. The molecule has 0 aromatic rings. The van der Waals surface area contributed by atoms with Crippen LogP contribution in [-0.2, 0) is 4.74 Å². The van der Waals surface area contributed by atoms with Gasteiger partial charge in [0.15, 0.2) is 6.40 Å². The maximum absolute atomic E-state index is 4.82. The predicted molar refractivity (Wildman–Crippen MR) is 58.0 cm³/mol. The molecule has 0 saturated heterocycles. The highest BCUT2D eigenvalue weighted by molar-refractivity contribution is 5.48. The molecule has 0 aliphatic carbocycles. The molecule has 0 rings (SSSR count). The lowest BCUT2D eigenvalue weighted by atomic mass is 10.1. The maximum Gasteiger partial charge on any atom is 0.173 e. The molecule has 0 aromatic carbocycles. The number of rotatable bonds is 6. The first-order valence-corrected chi connectivity index (χ1v) is 5.00. The zero-order valence-corrected chi connectivity index (χ0v) is 9.26. The summed E-state index contributed by atoms with van der Waals surface area (Å²) in [7, 11) is 1.63. The second kappa shape index (κ2) is 7.84. The summed E-state index contributed by atoms with van der Waals surface area (Å²) in [5.41, 5.74) is 2.55. The molecule has 0 saturated carbocycles. The minimum atomic E-state index is 1.07. The summed E-state index contributed by atoms with van der Waals surface area (Å²) >= 11 is 0. The van der Waals surface area contributed by atoms with Crippen molar-refractivity contribution in [2.24, 2.45) is 4.99 Å². The number of aliphatic imine (C=N–C) groups is 1. The first kappa shape index (κ1) is 12.2. The molecule has 0 aliphatic rings. The Kier molecular flexibility index (Phi) is 7.36. The summed E-state index contributed by atoms with van der Waals surface area (Å²) in [5, 5.41) is 0. The van der Waals surface area contributed by atoms with E-state index in [1.165, 1.54) is 30.5 Å². The minimum Gasteiger partial charge on any atom is -0.486 e. The Balaban J connectivity index is 4.27. The van der Waals surface area contributed by atoms with E-state index in [9.17, 15) is 0 Å². The second-order valence-corrected chi connectivity index (χ2v) is 3.15. The third-order valence-corrected chi connectivity index (χ3v) is 2.10. The molecule has 0 amide bonds. The van der Waals surface area contributed by atoms with Crippen LogP contribution in [-0.4, -0.2) is 13.5 Å². The minimum absolute atomic E-state index is 1.07. The van der Waals surface area contributed by atoms with Gasteiger partial charge in [-0.2, -0.15) is 0 Å². The van der Waals surface area contributed by atoms with Crippen molar-refractivity contribution in [1.29, 1.82) is 0 Å². The zero-order chi connectivity index (χ0) is 10.1. The molecule has 0 fully saturated rings. The molecular formula is C11H21NO. The summed E-state index contributed by atoms with van der Waals surface area (Å²) in [6, 6.07) is 0. The van der Waals surface area contributed by atoms with Gasteiger partial charge in [0, 0.05) is 5.70 Å². The summed E-state index contributed by atoms with van der Waals surface area (Å²) in [4.78, 5) is 4.28. The first-order valence-electron chi connectivity index (χ1n) is 5.00. The van der Waals surface area contributed by atoms with Crippen molar-refractivity contribution < 1.29 is 4.74 Å². The molecule has 0 bridgehead atoms. The van der Waals surface area contributed by atoms with Crippen molar-refractivity contribution in [3.63, 3.8) is 0 Å². The predicted octanol–water partition coefficient (Wildman–Crippen LogP) is 3.54. The van der Waals surface area contributed by atoms with Gasteiger partial charge in [-0.3, -0.25) is 0 Å². The van der Waals surface area contributed by atoms with Crippen molar-refractivity contribution in [3.05, 3.63) is 11.3 Å². The lowest BCUT2D eigenvalue weighted by Crippen LogP contribution is -1.88. The quantitative estimate of drug-likeness (QED) is 0.456. The Morgan fingerprint density at radius 3 is 2.54 bits per heavy atom. The van der Waals surface area contributed by atoms with Gasteiger partial charge in [-0.25, -0.2) is 4.99 Å². The molecule has 0 aliphatic heterocycles. The number of nitrogens with zero attached hydrogens (tertiary/aromatic N) is 1. The topological polar surface area (TPSA) is 21.6 Å². The molecule has 76 valence electrons. The van der Waals surface area contributed by atoms with Crippen LogP contribution in [0.1, 0.15) is 46.5 Å². The Morgan fingerprint density at radius 1 is 1.38 bits per heavy atom. The van der Waals surface area contributed by atoms with Crippen molar-refractivity contribution in [2.75, 3.05) is 7.11 Å². The molecule has 0 radical (unpaired) electrons. The van der Waals surface area contributed by atoms with Gasteiger partial charge in [0.2, 0.25) is 0 Å². The maximum atomic E-state index is 4.82. The third-order valence-electron chi connectivity index (χ3n) is 2.10. The normalized spacial score (nSPS) is 13.2. The average Bonchev–Trinajstić information content (AvgIpc) is 2.17. The van der Waals surface area contributed by atoms with Gasteiger partial charge in [0.05, 0.1) is 7.11 Å². The summed E-state index contributed by atoms with van der Waals surface area (Å²) in [5.74, 6) is 0. The first-order chi connectivity index (χ1) is 6.26. The second-order valence-electron chi connectivity index (χ2n) is 3.15. The van der Waals surface area contributed by atoms with E-state index in [2.05, 4.69) is 25.8 Å². The number of methoxy groups -OCH3 is 1. The third kappa shape index (κ3) is 5.45. The van der Waals surface area contributed by atoms with Crippen LogP contribution in [0.2, 0.25) is 0 Å². The van der Waals surface area contributed by atoms with Crippen molar-refractivity contribution in [1.82, 2.24) is 0 Å². The van der Waals surface area contributed by atoms with E-state index in [-0.39, 0.29) is 0 Å². The number of ether oxygens (including phenoxy) is 1. The van der Waals surface area contributed by atoms with E-state index < -0.39 is 0 Å². The largest absolute Gasteiger partial charge is 0.486 e.